The van der Waals surface area contributed by atoms with Crippen LogP contribution in [-0.2, 0) is 6.42 Å². The van der Waals surface area contributed by atoms with Crippen LogP contribution >= 0.6 is 11.6 Å². The summed E-state index contributed by atoms with van der Waals surface area (Å²) in [5.41, 5.74) is 1.85. The molecule has 0 spiro atoms. The minimum Gasteiger partial charge on any atom is -1.00 e. The van der Waals surface area contributed by atoms with E-state index in [1.807, 2.05) is 60.7 Å². The van der Waals surface area contributed by atoms with E-state index in [1.54, 1.807) is 0 Å². The third-order valence-corrected chi connectivity index (χ3v) is 3.11. The van der Waals surface area contributed by atoms with Crippen molar-refractivity contribution in [2.75, 3.05) is 0 Å². The molecule has 0 fully saturated rings. The second kappa shape index (κ2) is 9.62. The first-order valence-corrected chi connectivity index (χ1v) is 6.10. The van der Waals surface area contributed by atoms with Gasteiger partial charge in [-0.3, -0.25) is 0 Å². The Morgan fingerprint density at radius 2 is 1.37 bits per heavy atom. The normalized spacial score (nSPS) is 12.7. The summed E-state index contributed by atoms with van der Waals surface area (Å²) in [6, 6.07) is 19.2. The molecule has 2 aromatic rings. The summed E-state index contributed by atoms with van der Waals surface area (Å²) >= 11 is 6.19. The van der Waals surface area contributed by atoms with E-state index in [0.29, 0.717) is 6.42 Å². The zero-order chi connectivity index (χ0) is 12.1. The van der Waals surface area contributed by atoms with Gasteiger partial charge in [-0.05, 0) is 12.0 Å². The average molecular weight is 305 g/mol. The molecule has 0 saturated carbocycles. The number of rotatable bonds is 4. The summed E-state index contributed by atoms with van der Waals surface area (Å²) in [6.45, 7) is 0. The summed E-state index contributed by atoms with van der Waals surface area (Å²) < 4.78 is 0. The molecular formula is C15H14Cl2MgO. The molecule has 0 amide bonds. The third-order valence-electron chi connectivity index (χ3n) is 2.73. The molecule has 1 unspecified atom stereocenters. The van der Waals surface area contributed by atoms with Gasteiger partial charge in [-0.2, -0.15) is 0 Å². The molecule has 0 bridgehead atoms. The fourth-order valence-corrected chi connectivity index (χ4v) is 2.12. The van der Waals surface area contributed by atoms with Crippen molar-refractivity contribution in [1.82, 2.24) is 0 Å². The van der Waals surface area contributed by atoms with Crippen molar-refractivity contribution < 1.29 is 17.5 Å². The third kappa shape index (κ3) is 5.72. The van der Waals surface area contributed by atoms with Crippen molar-refractivity contribution in [2.45, 2.75) is 17.9 Å². The van der Waals surface area contributed by atoms with Crippen LogP contribution in [0.4, 0.5) is 0 Å². The fraction of sp³-hybridized carbons (Fsp3) is 0.200. The van der Waals surface area contributed by atoms with Crippen molar-refractivity contribution in [3.8, 4) is 0 Å². The Kier molecular flexibility index (Phi) is 9.49. The van der Waals surface area contributed by atoms with Crippen LogP contribution in [0.1, 0.15) is 17.2 Å². The Bertz CT molecular complexity index is 450. The molecule has 0 N–H and O–H groups in total. The molecule has 96 valence electrons. The smallest absolute Gasteiger partial charge is 1.00 e. The largest absolute Gasteiger partial charge is 2.00 e. The van der Waals surface area contributed by atoms with Gasteiger partial charge in [-0.25, -0.2) is 0 Å². The predicted octanol–water partition coefficient (Wildman–Crippen LogP) is -0.439. The Morgan fingerprint density at radius 1 is 0.895 bits per heavy atom. The van der Waals surface area contributed by atoms with Crippen LogP contribution in [0.2, 0.25) is 0 Å². The van der Waals surface area contributed by atoms with Crippen molar-refractivity contribution in [3.63, 3.8) is 0 Å². The monoisotopic (exact) mass is 304 g/mol. The van der Waals surface area contributed by atoms with Gasteiger partial charge in [-0.15, -0.1) is 11.6 Å². The molecule has 0 aromatic heterocycles. The molecule has 2 atom stereocenters. The van der Waals surface area contributed by atoms with E-state index in [1.165, 1.54) is 0 Å². The number of halogens is 2. The molecule has 0 aliphatic carbocycles. The number of benzene rings is 2. The number of hydrogen-bond donors (Lipinski definition) is 0. The topological polar surface area (TPSA) is 23.1 Å². The first-order chi connectivity index (χ1) is 8.27. The molecular weight excluding hydrogens is 291 g/mol. The van der Waals surface area contributed by atoms with Crippen LogP contribution in [0.15, 0.2) is 60.7 Å². The van der Waals surface area contributed by atoms with Crippen molar-refractivity contribution in [1.29, 1.82) is 0 Å². The van der Waals surface area contributed by atoms with E-state index < -0.39 is 11.5 Å². The molecule has 0 radical (unpaired) electrons. The maximum absolute atomic E-state index is 12.1. The molecule has 0 aliphatic heterocycles. The van der Waals surface area contributed by atoms with Crippen molar-refractivity contribution in [3.05, 3.63) is 71.8 Å². The van der Waals surface area contributed by atoms with Gasteiger partial charge in [0.2, 0.25) is 0 Å². The summed E-state index contributed by atoms with van der Waals surface area (Å²) in [5, 5.41) is 11.7. The Morgan fingerprint density at radius 3 is 1.89 bits per heavy atom. The second-order valence-electron chi connectivity index (χ2n) is 4.04. The van der Waals surface area contributed by atoms with Gasteiger partial charge in [0.25, 0.3) is 0 Å². The first-order valence-electron chi connectivity index (χ1n) is 5.66. The number of alkyl halides is 1. The van der Waals surface area contributed by atoms with Gasteiger partial charge in [0.05, 0.1) is 0 Å². The Hall–Kier alpha value is -0.254. The van der Waals surface area contributed by atoms with Crippen molar-refractivity contribution in [2.24, 2.45) is 0 Å². The van der Waals surface area contributed by atoms with Crippen LogP contribution in [0.3, 0.4) is 0 Å². The van der Waals surface area contributed by atoms with Crippen LogP contribution in [0.5, 0.6) is 0 Å². The van der Waals surface area contributed by atoms with Gasteiger partial charge in [-0.1, -0.05) is 72.3 Å². The first kappa shape index (κ1) is 18.7. The summed E-state index contributed by atoms with van der Waals surface area (Å²) in [4.78, 5) is 0. The second-order valence-corrected chi connectivity index (χ2v) is 4.60. The van der Waals surface area contributed by atoms with E-state index in [2.05, 4.69) is 0 Å². The summed E-state index contributed by atoms with van der Waals surface area (Å²) in [7, 11) is 0. The van der Waals surface area contributed by atoms with E-state index in [4.69, 9.17) is 11.6 Å². The minimum absolute atomic E-state index is 0. The predicted molar refractivity (Wildman–Crippen MR) is 74.7 cm³/mol. The standard InChI is InChI=1S/C15H14ClO.ClH.Mg/c16-14(11-12-7-3-1-4-8-12)15(17)13-9-5-2-6-10-13;;/h1-10,14-15H,11H2;1H;/q-1;;+2/p-1/t14?,15-;;/m1../s1. The van der Waals surface area contributed by atoms with Crippen molar-refractivity contribution >= 4 is 34.7 Å². The van der Waals surface area contributed by atoms with Crippen LogP contribution in [0, 0.1) is 0 Å². The molecule has 0 heterocycles. The van der Waals surface area contributed by atoms with Gasteiger partial charge in [0, 0.05) is 5.38 Å². The van der Waals surface area contributed by atoms with E-state index in [-0.39, 0.29) is 35.5 Å². The minimum atomic E-state index is -0.877. The fourth-order valence-electron chi connectivity index (χ4n) is 1.80. The van der Waals surface area contributed by atoms with Gasteiger partial charge < -0.3 is 17.5 Å². The molecule has 1 nitrogen and oxygen atoms in total. The number of hydrogen-bond acceptors (Lipinski definition) is 1. The molecule has 19 heavy (non-hydrogen) atoms. The van der Waals surface area contributed by atoms with E-state index >= 15 is 0 Å². The maximum atomic E-state index is 12.1. The van der Waals surface area contributed by atoms with Gasteiger partial charge in [0.1, 0.15) is 0 Å². The Labute approximate surface area is 141 Å². The molecule has 4 heteroatoms. The van der Waals surface area contributed by atoms with Crippen LogP contribution in [0.25, 0.3) is 0 Å². The van der Waals surface area contributed by atoms with Gasteiger partial charge in [0.15, 0.2) is 0 Å². The quantitative estimate of drug-likeness (QED) is 0.555. The van der Waals surface area contributed by atoms with Gasteiger partial charge >= 0.3 is 23.1 Å². The van der Waals surface area contributed by atoms with Crippen LogP contribution in [-0.4, -0.2) is 28.4 Å². The molecule has 2 aromatic carbocycles. The molecule has 0 saturated heterocycles. The summed E-state index contributed by atoms with van der Waals surface area (Å²) in [6.07, 6.45) is -0.274. The average Bonchev–Trinajstić information content (AvgIpc) is 2.40. The Balaban J connectivity index is 0.00000162. The molecule has 2 rings (SSSR count). The molecule has 0 aliphatic rings. The van der Waals surface area contributed by atoms with E-state index in [0.717, 1.165) is 11.1 Å². The zero-order valence-electron chi connectivity index (χ0n) is 10.5. The summed E-state index contributed by atoms with van der Waals surface area (Å²) in [5.74, 6) is 0. The zero-order valence-corrected chi connectivity index (χ0v) is 13.4. The SMILES string of the molecule is [Cl-].[Mg+2].[O-][C@H](c1ccccc1)C(Cl)Cc1ccccc1. The maximum Gasteiger partial charge on any atom is 2.00 e. The van der Waals surface area contributed by atoms with E-state index in [9.17, 15) is 5.11 Å². The van der Waals surface area contributed by atoms with Crippen LogP contribution < -0.4 is 17.5 Å².